The first-order valence-corrected chi connectivity index (χ1v) is 3.82. The van der Waals surface area contributed by atoms with Crippen LogP contribution in [0.4, 0.5) is 0 Å². The van der Waals surface area contributed by atoms with Gasteiger partial charge in [-0.3, -0.25) is 0 Å². The van der Waals surface area contributed by atoms with E-state index in [1.54, 1.807) is 0 Å². The third-order valence-electron chi connectivity index (χ3n) is 2.20. The first kappa shape index (κ1) is 6.62. The summed E-state index contributed by atoms with van der Waals surface area (Å²) in [5.41, 5.74) is 9.71. The number of benzene rings is 1. The zero-order chi connectivity index (χ0) is 7.84. The molecule has 0 spiro atoms. The molecule has 0 aliphatic heterocycles. The number of rotatable bonds is 0. The van der Waals surface area contributed by atoms with Crippen LogP contribution in [0.1, 0.15) is 24.1 Å². The van der Waals surface area contributed by atoms with E-state index in [-0.39, 0.29) is 6.04 Å². The molecule has 0 aromatic heterocycles. The van der Waals surface area contributed by atoms with Gasteiger partial charge in [-0.25, -0.2) is 0 Å². The molecule has 2 rings (SSSR count). The van der Waals surface area contributed by atoms with Crippen molar-refractivity contribution >= 4 is 6.08 Å². The summed E-state index contributed by atoms with van der Waals surface area (Å²) in [5, 5.41) is 0. The molecule has 1 aromatic carbocycles. The van der Waals surface area contributed by atoms with Crippen LogP contribution in [0.2, 0.25) is 0 Å². The van der Waals surface area contributed by atoms with Gasteiger partial charge in [-0.2, -0.15) is 0 Å². The Balaban J connectivity index is 2.58. The minimum absolute atomic E-state index is 0.131. The van der Waals surface area contributed by atoms with Crippen molar-refractivity contribution in [2.45, 2.75) is 13.0 Å². The van der Waals surface area contributed by atoms with Crippen LogP contribution in [0.25, 0.3) is 6.08 Å². The molecule has 1 aliphatic rings. The zero-order valence-electron chi connectivity index (χ0n) is 6.54. The van der Waals surface area contributed by atoms with Gasteiger partial charge in [0.1, 0.15) is 0 Å². The molecule has 0 fully saturated rings. The average Bonchev–Trinajstić information content (AvgIpc) is 2.30. The van der Waals surface area contributed by atoms with Crippen molar-refractivity contribution in [1.82, 2.24) is 0 Å². The van der Waals surface area contributed by atoms with E-state index in [2.05, 4.69) is 25.1 Å². The summed E-state index contributed by atoms with van der Waals surface area (Å²) in [6, 6.07) is 8.40. The summed E-state index contributed by atoms with van der Waals surface area (Å²) in [7, 11) is 0. The van der Waals surface area contributed by atoms with Crippen molar-refractivity contribution in [3.05, 3.63) is 41.0 Å². The smallest absolute Gasteiger partial charge is 0.0517 e. The quantitative estimate of drug-likeness (QED) is 0.594. The molecular formula is C10H11N. The fraction of sp³-hybridized carbons (Fsp3) is 0.200. The highest BCUT2D eigenvalue weighted by molar-refractivity contribution is 5.65. The molecule has 1 heteroatoms. The van der Waals surface area contributed by atoms with Crippen molar-refractivity contribution in [1.29, 1.82) is 0 Å². The van der Waals surface area contributed by atoms with E-state index in [1.165, 1.54) is 16.7 Å². The van der Waals surface area contributed by atoms with Gasteiger partial charge < -0.3 is 5.73 Å². The molecule has 0 radical (unpaired) electrons. The molecule has 0 saturated carbocycles. The van der Waals surface area contributed by atoms with Gasteiger partial charge in [-0.1, -0.05) is 35.9 Å². The largest absolute Gasteiger partial charge is 0.321 e. The Kier molecular flexibility index (Phi) is 1.33. The van der Waals surface area contributed by atoms with E-state index in [0.717, 1.165) is 0 Å². The van der Waals surface area contributed by atoms with Gasteiger partial charge in [0.2, 0.25) is 0 Å². The number of fused-ring (bicyclic) bond motifs is 1. The second-order valence-corrected chi connectivity index (χ2v) is 2.99. The summed E-state index contributed by atoms with van der Waals surface area (Å²) < 4.78 is 0. The maximum Gasteiger partial charge on any atom is 0.0517 e. The fourth-order valence-corrected chi connectivity index (χ4v) is 1.51. The van der Waals surface area contributed by atoms with E-state index in [1.807, 2.05) is 12.1 Å². The molecule has 2 N–H and O–H groups in total. The van der Waals surface area contributed by atoms with Crippen LogP contribution >= 0.6 is 0 Å². The summed E-state index contributed by atoms with van der Waals surface area (Å²) >= 11 is 0. The summed E-state index contributed by atoms with van der Waals surface area (Å²) in [5.74, 6) is 0. The maximum atomic E-state index is 5.92. The Hall–Kier alpha value is -1.08. The SMILES string of the molecule is CC1=Cc2ccccc2C1N. The van der Waals surface area contributed by atoms with Gasteiger partial charge in [-0.15, -0.1) is 0 Å². The van der Waals surface area contributed by atoms with E-state index < -0.39 is 0 Å². The predicted octanol–water partition coefficient (Wildman–Crippen LogP) is 2.10. The second kappa shape index (κ2) is 2.21. The average molecular weight is 145 g/mol. The molecule has 1 nitrogen and oxygen atoms in total. The van der Waals surface area contributed by atoms with Crippen molar-refractivity contribution in [3.8, 4) is 0 Å². The van der Waals surface area contributed by atoms with Gasteiger partial charge in [0, 0.05) is 0 Å². The van der Waals surface area contributed by atoms with E-state index >= 15 is 0 Å². The summed E-state index contributed by atoms with van der Waals surface area (Å²) in [4.78, 5) is 0. The third-order valence-corrected chi connectivity index (χ3v) is 2.20. The molecule has 0 heterocycles. The van der Waals surface area contributed by atoms with Gasteiger partial charge in [0.05, 0.1) is 6.04 Å². The third kappa shape index (κ3) is 0.889. The highest BCUT2D eigenvalue weighted by atomic mass is 14.6. The van der Waals surface area contributed by atoms with Gasteiger partial charge in [0.25, 0.3) is 0 Å². The molecule has 1 atom stereocenters. The van der Waals surface area contributed by atoms with E-state index in [9.17, 15) is 0 Å². The van der Waals surface area contributed by atoms with Crippen LogP contribution in [0.15, 0.2) is 29.8 Å². The Morgan fingerprint density at radius 2 is 2.00 bits per heavy atom. The van der Waals surface area contributed by atoms with Crippen molar-refractivity contribution in [3.63, 3.8) is 0 Å². The van der Waals surface area contributed by atoms with Crippen LogP contribution in [0.5, 0.6) is 0 Å². The van der Waals surface area contributed by atoms with E-state index in [0.29, 0.717) is 0 Å². The standard InChI is InChI=1S/C10H11N/c1-7-6-8-4-2-3-5-9(8)10(7)11/h2-6,10H,11H2,1H3. The second-order valence-electron chi connectivity index (χ2n) is 2.99. The zero-order valence-corrected chi connectivity index (χ0v) is 6.54. The molecule has 0 amide bonds. The molecule has 56 valence electrons. The van der Waals surface area contributed by atoms with Crippen LogP contribution in [-0.2, 0) is 0 Å². The van der Waals surface area contributed by atoms with Crippen LogP contribution in [-0.4, -0.2) is 0 Å². The van der Waals surface area contributed by atoms with E-state index in [4.69, 9.17) is 5.73 Å². The number of nitrogens with two attached hydrogens (primary N) is 1. The van der Waals surface area contributed by atoms with Crippen molar-refractivity contribution < 1.29 is 0 Å². The van der Waals surface area contributed by atoms with Crippen molar-refractivity contribution in [2.24, 2.45) is 5.73 Å². The number of hydrogen-bond acceptors (Lipinski definition) is 1. The minimum Gasteiger partial charge on any atom is -0.321 e. The predicted molar refractivity (Wildman–Crippen MR) is 47.0 cm³/mol. The maximum absolute atomic E-state index is 5.92. The molecule has 1 unspecified atom stereocenters. The molecule has 11 heavy (non-hydrogen) atoms. The molecule has 1 aromatic rings. The lowest BCUT2D eigenvalue weighted by molar-refractivity contribution is 0.870. The Labute approximate surface area is 66.5 Å². The highest BCUT2D eigenvalue weighted by Crippen LogP contribution is 2.31. The minimum atomic E-state index is 0.131. The monoisotopic (exact) mass is 145 g/mol. The first-order chi connectivity index (χ1) is 5.29. The van der Waals surface area contributed by atoms with Crippen LogP contribution in [0.3, 0.4) is 0 Å². The van der Waals surface area contributed by atoms with Crippen molar-refractivity contribution in [2.75, 3.05) is 0 Å². The van der Waals surface area contributed by atoms with Gasteiger partial charge in [-0.05, 0) is 18.1 Å². The Bertz CT molecular complexity index is 312. The van der Waals surface area contributed by atoms with Crippen LogP contribution < -0.4 is 5.73 Å². The van der Waals surface area contributed by atoms with Gasteiger partial charge >= 0.3 is 0 Å². The molecule has 0 bridgehead atoms. The van der Waals surface area contributed by atoms with Gasteiger partial charge in [0.15, 0.2) is 0 Å². The van der Waals surface area contributed by atoms with Crippen LogP contribution in [0, 0.1) is 0 Å². The molecule has 0 saturated heterocycles. The first-order valence-electron chi connectivity index (χ1n) is 3.82. The molecular weight excluding hydrogens is 134 g/mol. The Morgan fingerprint density at radius 3 is 2.73 bits per heavy atom. The summed E-state index contributed by atoms with van der Waals surface area (Å²) in [6.45, 7) is 2.07. The molecule has 1 aliphatic carbocycles. The highest BCUT2D eigenvalue weighted by Gasteiger charge is 2.16. The lowest BCUT2D eigenvalue weighted by Crippen LogP contribution is -2.07. The lowest BCUT2D eigenvalue weighted by Gasteiger charge is -2.05. The summed E-state index contributed by atoms with van der Waals surface area (Å²) in [6.07, 6.45) is 2.15. The lowest BCUT2D eigenvalue weighted by atomic mass is 10.1. The topological polar surface area (TPSA) is 26.0 Å². The normalized spacial score (nSPS) is 21.3. The fourth-order valence-electron chi connectivity index (χ4n) is 1.51. The number of hydrogen-bond donors (Lipinski definition) is 1. The Morgan fingerprint density at radius 1 is 1.27 bits per heavy atom.